The summed E-state index contributed by atoms with van der Waals surface area (Å²) in [5, 5.41) is 0. The van der Waals surface area contributed by atoms with Crippen molar-refractivity contribution in [3.8, 4) is 5.75 Å². The Labute approximate surface area is 170 Å². The van der Waals surface area contributed by atoms with Gasteiger partial charge < -0.3 is 9.64 Å². The Kier molecular flexibility index (Phi) is 6.87. The number of piperidine rings is 1. The molecule has 29 heavy (non-hydrogen) atoms. The molecule has 0 radical (unpaired) electrons. The highest BCUT2D eigenvalue weighted by Gasteiger charge is 2.24. The van der Waals surface area contributed by atoms with Crippen LogP contribution in [0.1, 0.15) is 35.2 Å². The van der Waals surface area contributed by atoms with Crippen molar-refractivity contribution in [1.29, 1.82) is 0 Å². The predicted octanol–water partition coefficient (Wildman–Crippen LogP) is 2.98. The summed E-state index contributed by atoms with van der Waals surface area (Å²) in [7, 11) is -2.34. The van der Waals surface area contributed by atoms with E-state index in [1.165, 1.54) is 37.4 Å². The molecule has 0 atom stereocenters. The zero-order valence-electron chi connectivity index (χ0n) is 16.4. The van der Waals surface area contributed by atoms with Gasteiger partial charge in [-0.1, -0.05) is 12.1 Å². The molecule has 1 saturated heterocycles. The number of carbonyl (C=O) groups is 1. The lowest BCUT2D eigenvalue weighted by Crippen LogP contribution is -2.36. The van der Waals surface area contributed by atoms with E-state index < -0.39 is 10.0 Å². The molecule has 0 spiro atoms. The van der Waals surface area contributed by atoms with E-state index in [1.54, 1.807) is 17.0 Å². The van der Waals surface area contributed by atoms with Gasteiger partial charge in [0.1, 0.15) is 11.6 Å². The Morgan fingerprint density at radius 1 is 1.10 bits per heavy atom. The molecule has 1 aliphatic rings. The zero-order chi connectivity index (χ0) is 20.9. The molecule has 156 valence electrons. The van der Waals surface area contributed by atoms with Crippen LogP contribution in [0, 0.1) is 5.82 Å². The third-order valence-electron chi connectivity index (χ3n) is 4.97. The predicted molar refractivity (Wildman–Crippen MR) is 108 cm³/mol. The second-order valence-electron chi connectivity index (χ2n) is 6.99. The standard InChI is InChI=1S/C21H25FN2O4S/c1-28-20-10-9-18(15-19(20)21(25)24-13-3-2-4-14-24)29(26,27)23-12-11-16-5-7-17(22)8-6-16/h5-10,15,23H,2-4,11-14H2,1H3. The van der Waals surface area contributed by atoms with Crippen molar-refractivity contribution in [2.24, 2.45) is 0 Å². The van der Waals surface area contributed by atoms with E-state index in [2.05, 4.69) is 4.72 Å². The molecule has 3 rings (SSSR count). The summed E-state index contributed by atoms with van der Waals surface area (Å²) in [5.41, 5.74) is 1.07. The number of carbonyl (C=O) groups excluding carboxylic acids is 1. The fraction of sp³-hybridized carbons (Fsp3) is 0.381. The molecule has 0 bridgehead atoms. The number of amides is 1. The summed E-state index contributed by atoms with van der Waals surface area (Å²) >= 11 is 0. The summed E-state index contributed by atoms with van der Waals surface area (Å²) in [6.45, 7) is 1.49. The molecule has 0 saturated carbocycles. The van der Waals surface area contributed by atoms with Crippen molar-refractivity contribution in [2.75, 3.05) is 26.7 Å². The number of hydrogen-bond donors (Lipinski definition) is 1. The Bertz CT molecular complexity index is 955. The van der Waals surface area contributed by atoms with Gasteiger partial charge in [-0.3, -0.25) is 4.79 Å². The molecule has 1 heterocycles. The monoisotopic (exact) mass is 420 g/mol. The van der Waals surface area contributed by atoms with Gasteiger partial charge in [-0.05, 0) is 61.6 Å². The van der Waals surface area contributed by atoms with Crippen LogP contribution in [0.2, 0.25) is 0 Å². The first-order chi connectivity index (χ1) is 13.9. The molecular weight excluding hydrogens is 395 g/mol. The van der Waals surface area contributed by atoms with Gasteiger partial charge >= 0.3 is 0 Å². The number of ether oxygens (including phenoxy) is 1. The minimum atomic E-state index is -3.80. The van der Waals surface area contributed by atoms with Gasteiger partial charge in [-0.25, -0.2) is 17.5 Å². The van der Waals surface area contributed by atoms with Gasteiger partial charge in [-0.15, -0.1) is 0 Å². The van der Waals surface area contributed by atoms with Crippen LogP contribution in [-0.2, 0) is 16.4 Å². The van der Waals surface area contributed by atoms with E-state index in [4.69, 9.17) is 4.74 Å². The molecule has 0 aromatic heterocycles. The molecule has 2 aromatic rings. The van der Waals surface area contributed by atoms with Crippen LogP contribution >= 0.6 is 0 Å². The highest BCUT2D eigenvalue weighted by molar-refractivity contribution is 7.89. The van der Waals surface area contributed by atoms with Crippen LogP contribution in [0.25, 0.3) is 0 Å². The van der Waals surface area contributed by atoms with Gasteiger partial charge in [0.15, 0.2) is 0 Å². The average Bonchev–Trinajstić information content (AvgIpc) is 2.74. The first-order valence-electron chi connectivity index (χ1n) is 9.62. The van der Waals surface area contributed by atoms with E-state index in [9.17, 15) is 17.6 Å². The normalized spacial score (nSPS) is 14.6. The van der Waals surface area contributed by atoms with Crippen molar-refractivity contribution in [3.63, 3.8) is 0 Å². The quantitative estimate of drug-likeness (QED) is 0.747. The largest absolute Gasteiger partial charge is 0.496 e. The topological polar surface area (TPSA) is 75.7 Å². The van der Waals surface area contributed by atoms with E-state index >= 15 is 0 Å². The first kappa shape index (κ1) is 21.3. The van der Waals surface area contributed by atoms with Gasteiger partial charge in [0.2, 0.25) is 10.0 Å². The Hall–Kier alpha value is -2.45. The van der Waals surface area contributed by atoms with Crippen LogP contribution in [0.15, 0.2) is 47.4 Å². The maximum absolute atomic E-state index is 13.0. The maximum atomic E-state index is 13.0. The number of likely N-dealkylation sites (tertiary alicyclic amines) is 1. The van der Waals surface area contributed by atoms with Crippen molar-refractivity contribution in [1.82, 2.24) is 9.62 Å². The van der Waals surface area contributed by atoms with Gasteiger partial charge in [0.05, 0.1) is 17.6 Å². The Balaban J connectivity index is 1.74. The lowest BCUT2D eigenvalue weighted by Gasteiger charge is -2.27. The molecule has 0 aliphatic carbocycles. The fourth-order valence-electron chi connectivity index (χ4n) is 3.35. The molecule has 0 unspecified atom stereocenters. The number of methoxy groups -OCH3 is 1. The second kappa shape index (κ2) is 9.37. The molecule has 6 nitrogen and oxygen atoms in total. The van der Waals surface area contributed by atoms with Crippen LogP contribution in [-0.4, -0.2) is 46.0 Å². The van der Waals surface area contributed by atoms with E-state index in [-0.39, 0.29) is 28.7 Å². The number of sulfonamides is 1. The highest BCUT2D eigenvalue weighted by Crippen LogP contribution is 2.25. The number of rotatable bonds is 7. The maximum Gasteiger partial charge on any atom is 0.257 e. The van der Waals surface area contributed by atoms with Crippen molar-refractivity contribution < 1.29 is 22.3 Å². The highest BCUT2D eigenvalue weighted by atomic mass is 32.2. The van der Waals surface area contributed by atoms with Gasteiger partial charge in [0.25, 0.3) is 5.91 Å². The summed E-state index contributed by atoms with van der Waals surface area (Å²) in [4.78, 5) is 14.6. The van der Waals surface area contributed by atoms with Gasteiger partial charge in [-0.2, -0.15) is 0 Å². The number of hydrogen-bond acceptors (Lipinski definition) is 4. The molecule has 1 aliphatic heterocycles. The number of nitrogens with zero attached hydrogens (tertiary/aromatic N) is 1. The lowest BCUT2D eigenvalue weighted by molar-refractivity contribution is 0.0720. The second-order valence-corrected chi connectivity index (χ2v) is 8.76. The molecule has 2 aromatic carbocycles. The van der Waals surface area contributed by atoms with Crippen molar-refractivity contribution in [3.05, 3.63) is 59.4 Å². The SMILES string of the molecule is COc1ccc(S(=O)(=O)NCCc2ccc(F)cc2)cc1C(=O)N1CCCCC1. The van der Waals surface area contributed by atoms with Crippen molar-refractivity contribution >= 4 is 15.9 Å². The zero-order valence-corrected chi connectivity index (χ0v) is 17.2. The van der Waals surface area contributed by atoms with E-state index in [1.807, 2.05) is 0 Å². The third kappa shape index (κ3) is 5.33. The fourth-order valence-corrected chi connectivity index (χ4v) is 4.41. The number of halogens is 1. The third-order valence-corrected chi connectivity index (χ3v) is 6.43. The molecule has 1 amide bonds. The molecular formula is C21H25FN2O4S. The Morgan fingerprint density at radius 3 is 2.45 bits per heavy atom. The van der Waals surface area contributed by atoms with Crippen molar-refractivity contribution in [2.45, 2.75) is 30.6 Å². The Morgan fingerprint density at radius 2 is 1.79 bits per heavy atom. The van der Waals surface area contributed by atoms with Crippen LogP contribution in [0.5, 0.6) is 5.75 Å². The van der Waals surface area contributed by atoms with Crippen LogP contribution < -0.4 is 9.46 Å². The average molecular weight is 421 g/mol. The summed E-state index contributed by atoms with van der Waals surface area (Å²) < 4.78 is 46.2. The van der Waals surface area contributed by atoms with Crippen LogP contribution in [0.4, 0.5) is 4.39 Å². The van der Waals surface area contributed by atoms with Gasteiger partial charge in [0, 0.05) is 19.6 Å². The number of nitrogens with one attached hydrogen (secondary N) is 1. The van der Waals surface area contributed by atoms with E-state index in [0.29, 0.717) is 25.3 Å². The minimum absolute atomic E-state index is 0.0118. The lowest BCUT2D eigenvalue weighted by atomic mass is 10.1. The summed E-state index contributed by atoms with van der Waals surface area (Å²) in [6, 6.07) is 10.2. The molecule has 8 heteroatoms. The summed E-state index contributed by atoms with van der Waals surface area (Å²) in [5.74, 6) is -0.200. The molecule has 1 N–H and O–H groups in total. The molecule has 1 fully saturated rings. The number of benzene rings is 2. The van der Waals surface area contributed by atoms with Crippen LogP contribution in [0.3, 0.4) is 0 Å². The summed E-state index contributed by atoms with van der Waals surface area (Å²) in [6.07, 6.45) is 3.40. The first-order valence-corrected chi connectivity index (χ1v) is 11.1. The minimum Gasteiger partial charge on any atom is -0.496 e. The van der Waals surface area contributed by atoms with E-state index in [0.717, 1.165) is 24.8 Å². The smallest absolute Gasteiger partial charge is 0.257 e.